The fourth-order valence-corrected chi connectivity index (χ4v) is 4.32. The number of halogens is 5. The van der Waals surface area contributed by atoms with Crippen LogP contribution >= 0.6 is 0 Å². The van der Waals surface area contributed by atoms with Crippen LogP contribution in [-0.2, 0) is 11.0 Å². The van der Waals surface area contributed by atoms with Crippen molar-refractivity contribution in [2.45, 2.75) is 56.7 Å². The van der Waals surface area contributed by atoms with Gasteiger partial charge in [-0.3, -0.25) is 0 Å². The van der Waals surface area contributed by atoms with E-state index in [0.29, 0.717) is 63.0 Å². The Kier molecular flexibility index (Phi) is 6.71. The number of nitrogens with two attached hydrogens (primary N) is 1. The van der Waals surface area contributed by atoms with Gasteiger partial charge in [0.25, 0.3) is 0 Å². The number of pyridine rings is 1. The summed E-state index contributed by atoms with van der Waals surface area (Å²) < 4.78 is 66.0. The molecule has 1 aromatic heterocycles. The summed E-state index contributed by atoms with van der Waals surface area (Å²) in [4.78, 5) is 11.6. The Labute approximate surface area is 188 Å². The lowest BCUT2D eigenvalue weighted by Crippen LogP contribution is -2.37. The molecule has 0 spiro atoms. The molecule has 2 N–H and O–H groups in total. The zero-order valence-electron chi connectivity index (χ0n) is 17.9. The van der Waals surface area contributed by atoms with Crippen LogP contribution in [0.5, 0.6) is 0 Å². The monoisotopic (exact) mass is 468 g/mol. The van der Waals surface area contributed by atoms with E-state index >= 15 is 0 Å². The van der Waals surface area contributed by atoms with Gasteiger partial charge in [-0.05, 0) is 55.4 Å². The van der Waals surface area contributed by atoms with E-state index in [2.05, 4.69) is 10.1 Å². The maximum Gasteiger partial charge on any atom is 0.417 e. The molecule has 1 aromatic carbocycles. The van der Waals surface area contributed by atoms with Crippen molar-refractivity contribution >= 4 is 17.2 Å². The van der Waals surface area contributed by atoms with Crippen molar-refractivity contribution in [2.75, 3.05) is 23.7 Å². The zero-order valence-corrected chi connectivity index (χ0v) is 17.9. The van der Waals surface area contributed by atoms with E-state index in [1.165, 1.54) is 12.1 Å². The van der Waals surface area contributed by atoms with E-state index < -0.39 is 23.4 Å². The normalized spacial score (nSPS) is 20.1. The van der Waals surface area contributed by atoms with Crippen molar-refractivity contribution in [2.24, 2.45) is 5.16 Å². The second kappa shape index (κ2) is 9.52. The lowest BCUT2D eigenvalue weighted by atomic mass is 9.83. The summed E-state index contributed by atoms with van der Waals surface area (Å²) in [6.45, 7) is 1.22. The molecule has 0 radical (unpaired) electrons. The molecule has 0 amide bonds. The maximum atomic E-state index is 14.2. The quantitative estimate of drug-likeness (QED) is 0.357. The van der Waals surface area contributed by atoms with Gasteiger partial charge in [0.15, 0.2) is 0 Å². The number of alkyl halides is 3. The molecule has 0 atom stereocenters. The number of nitrogens with zero attached hydrogens (tertiary/aromatic N) is 3. The maximum absolute atomic E-state index is 14.2. The Hall–Kier alpha value is -2.91. The molecular weight excluding hydrogens is 443 g/mol. The van der Waals surface area contributed by atoms with Gasteiger partial charge in [-0.1, -0.05) is 5.16 Å². The van der Waals surface area contributed by atoms with Gasteiger partial charge >= 0.3 is 6.18 Å². The van der Waals surface area contributed by atoms with E-state index in [-0.39, 0.29) is 17.7 Å². The highest BCUT2D eigenvalue weighted by Gasteiger charge is 2.31. The summed E-state index contributed by atoms with van der Waals surface area (Å²) in [5.74, 6) is -0.659. The zero-order chi connectivity index (χ0) is 23.6. The molecule has 1 aliphatic heterocycles. The fraction of sp³-hybridized carbons (Fsp3) is 0.478. The molecule has 2 aliphatic rings. The Bertz CT molecular complexity index is 991. The number of anilines is 2. The summed E-state index contributed by atoms with van der Waals surface area (Å²) in [6.07, 6.45) is 0.325. The lowest BCUT2D eigenvalue weighted by Gasteiger charge is -2.32. The Balaban J connectivity index is 1.25. The molecule has 4 rings (SSSR count). The molecular formula is C23H25F5N4O. The first-order valence-corrected chi connectivity index (χ1v) is 10.9. The number of hydrogen-bond acceptors (Lipinski definition) is 5. The van der Waals surface area contributed by atoms with Gasteiger partial charge in [0, 0.05) is 38.2 Å². The van der Waals surface area contributed by atoms with Gasteiger partial charge in [0.2, 0.25) is 0 Å². The average molecular weight is 468 g/mol. The van der Waals surface area contributed by atoms with Crippen molar-refractivity contribution in [1.29, 1.82) is 0 Å². The van der Waals surface area contributed by atoms with Gasteiger partial charge in [-0.15, -0.1) is 0 Å². The topological polar surface area (TPSA) is 63.7 Å². The second-order valence-corrected chi connectivity index (χ2v) is 8.52. The van der Waals surface area contributed by atoms with Crippen molar-refractivity contribution in [3.63, 3.8) is 0 Å². The highest BCUT2D eigenvalue weighted by atomic mass is 19.4. The van der Waals surface area contributed by atoms with Crippen LogP contribution in [0.4, 0.5) is 33.5 Å². The number of aromatic nitrogens is 1. The Morgan fingerprint density at radius 3 is 2.30 bits per heavy atom. The highest BCUT2D eigenvalue weighted by molar-refractivity contribution is 5.84. The van der Waals surface area contributed by atoms with Gasteiger partial charge in [0.05, 0.1) is 17.0 Å². The minimum Gasteiger partial charge on any atom is -0.396 e. The van der Waals surface area contributed by atoms with Crippen molar-refractivity contribution in [3.8, 4) is 0 Å². The van der Waals surface area contributed by atoms with E-state index in [1.807, 2.05) is 4.90 Å². The Morgan fingerprint density at radius 2 is 1.70 bits per heavy atom. The van der Waals surface area contributed by atoms with Gasteiger partial charge in [-0.2, -0.15) is 13.2 Å². The molecule has 178 valence electrons. The third-order valence-corrected chi connectivity index (χ3v) is 6.29. The minimum atomic E-state index is -4.40. The van der Waals surface area contributed by atoms with Crippen molar-refractivity contribution in [1.82, 2.24) is 4.98 Å². The van der Waals surface area contributed by atoms with E-state index in [1.54, 1.807) is 0 Å². The molecule has 1 saturated heterocycles. The molecule has 10 heteroatoms. The van der Waals surface area contributed by atoms with Crippen molar-refractivity contribution < 1.29 is 26.8 Å². The largest absolute Gasteiger partial charge is 0.417 e. The predicted octanol–water partition coefficient (Wildman–Crippen LogP) is 5.66. The minimum absolute atomic E-state index is 0.0791. The molecule has 0 bridgehead atoms. The summed E-state index contributed by atoms with van der Waals surface area (Å²) in [7, 11) is 0. The smallest absolute Gasteiger partial charge is 0.396 e. The first-order valence-electron chi connectivity index (χ1n) is 10.9. The van der Waals surface area contributed by atoms with Crippen LogP contribution in [0.15, 0.2) is 35.6 Å². The predicted molar refractivity (Wildman–Crippen MR) is 115 cm³/mol. The molecule has 5 nitrogen and oxygen atoms in total. The number of benzene rings is 1. The SMILES string of the molecule is Nc1cc(F)c(C2CCC(=NOC3CCN(c4ccc(C(F)(F)F)cn4)CC3)CC2)cc1F. The fourth-order valence-electron chi connectivity index (χ4n) is 4.32. The highest BCUT2D eigenvalue weighted by Crippen LogP contribution is 2.35. The third kappa shape index (κ3) is 5.54. The van der Waals surface area contributed by atoms with Crippen LogP contribution in [0.3, 0.4) is 0 Å². The van der Waals surface area contributed by atoms with Crippen LogP contribution in [0, 0.1) is 11.6 Å². The molecule has 2 fully saturated rings. The van der Waals surface area contributed by atoms with Crippen LogP contribution in [0.25, 0.3) is 0 Å². The van der Waals surface area contributed by atoms with Crippen molar-refractivity contribution in [3.05, 3.63) is 53.2 Å². The van der Waals surface area contributed by atoms with E-state index in [0.717, 1.165) is 24.0 Å². The number of nitrogen functional groups attached to an aromatic ring is 1. The molecule has 0 unspecified atom stereocenters. The number of rotatable bonds is 4. The number of oxime groups is 1. The molecule has 1 aliphatic carbocycles. The van der Waals surface area contributed by atoms with Crippen LogP contribution in [0.1, 0.15) is 55.6 Å². The molecule has 33 heavy (non-hydrogen) atoms. The molecule has 1 saturated carbocycles. The van der Waals surface area contributed by atoms with E-state index in [4.69, 9.17) is 10.6 Å². The van der Waals surface area contributed by atoms with Crippen LogP contribution < -0.4 is 10.6 Å². The number of piperidine rings is 1. The Morgan fingerprint density at radius 1 is 1.00 bits per heavy atom. The first-order chi connectivity index (χ1) is 15.7. The first kappa shape index (κ1) is 23.3. The summed E-state index contributed by atoms with van der Waals surface area (Å²) in [6, 6.07) is 4.65. The third-order valence-electron chi connectivity index (χ3n) is 6.29. The summed E-state index contributed by atoms with van der Waals surface area (Å²) in [5.41, 5.74) is 5.71. The van der Waals surface area contributed by atoms with Gasteiger partial charge in [-0.25, -0.2) is 13.8 Å². The van der Waals surface area contributed by atoms with Crippen LogP contribution in [0.2, 0.25) is 0 Å². The lowest BCUT2D eigenvalue weighted by molar-refractivity contribution is -0.137. The van der Waals surface area contributed by atoms with Crippen LogP contribution in [-0.4, -0.2) is 29.9 Å². The van der Waals surface area contributed by atoms with Gasteiger partial charge < -0.3 is 15.5 Å². The number of hydrogen-bond donors (Lipinski definition) is 1. The summed E-state index contributed by atoms with van der Waals surface area (Å²) >= 11 is 0. The second-order valence-electron chi connectivity index (χ2n) is 8.52. The van der Waals surface area contributed by atoms with E-state index in [9.17, 15) is 22.0 Å². The van der Waals surface area contributed by atoms with Gasteiger partial charge in [0.1, 0.15) is 23.6 Å². The molecule has 2 aromatic rings. The average Bonchev–Trinajstić information content (AvgIpc) is 2.80. The standard InChI is InChI=1S/C23H25F5N4O/c24-19-12-21(29)20(25)11-18(19)14-1-4-16(5-2-14)31-33-17-7-9-32(10-8-17)22-6-3-15(13-30-22)23(26,27)28/h3,6,11-14,17H,1-2,4-5,7-10,29H2. The molecule has 2 heterocycles. The summed E-state index contributed by atoms with van der Waals surface area (Å²) in [5, 5.41) is 4.30.